The number of carbonyl (C=O) groups excluding carboxylic acids is 1. The number of hydrogen-bond donors (Lipinski definition) is 1. The lowest BCUT2D eigenvalue weighted by molar-refractivity contribution is -0.145. The first-order valence-electron chi connectivity index (χ1n) is 6.07. The molecule has 1 amide bonds. The van der Waals surface area contributed by atoms with E-state index in [4.69, 9.17) is 12.2 Å². The lowest BCUT2D eigenvalue weighted by atomic mass is 10.2. The largest absolute Gasteiger partial charge is 0.480 e. The number of nitrogens with zero attached hydrogens (tertiary/aromatic N) is 1. The maximum atomic E-state index is 12.4. The Balaban J connectivity index is 2.22. The first-order chi connectivity index (χ1) is 10.0. The second-order valence-corrected chi connectivity index (χ2v) is 7.84. The molecule has 1 fully saturated rings. The summed E-state index contributed by atoms with van der Waals surface area (Å²) in [5.74, 6) is -0.664. The quantitative estimate of drug-likeness (QED) is 0.622. The highest BCUT2D eigenvalue weighted by Crippen LogP contribution is 2.35. The molecule has 1 aromatic heterocycles. The van der Waals surface area contributed by atoms with Crippen LogP contribution in [0.15, 0.2) is 22.4 Å². The molecule has 2 rings (SSSR count). The summed E-state index contributed by atoms with van der Waals surface area (Å²) in [4.78, 5) is 26.5. The number of thiocarbonyl (C=S) groups is 1. The van der Waals surface area contributed by atoms with Crippen LogP contribution in [0.4, 0.5) is 0 Å². The van der Waals surface area contributed by atoms with Gasteiger partial charge in [0.1, 0.15) is 10.4 Å². The molecule has 0 spiro atoms. The van der Waals surface area contributed by atoms with Crippen molar-refractivity contribution >= 4 is 69.4 Å². The van der Waals surface area contributed by atoms with E-state index in [-0.39, 0.29) is 5.91 Å². The van der Waals surface area contributed by atoms with Gasteiger partial charge in [-0.2, -0.15) is 11.8 Å². The average molecular weight is 360 g/mol. The van der Waals surface area contributed by atoms with Crippen molar-refractivity contribution in [1.29, 1.82) is 0 Å². The molecular weight excluding hydrogens is 346 g/mol. The van der Waals surface area contributed by atoms with Crippen LogP contribution in [-0.4, -0.2) is 44.3 Å². The van der Waals surface area contributed by atoms with Crippen LogP contribution in [0.3, 0.4) is 0 Å². The Kier molecular flexibility index (Phi) is 5.86. The number of carbonyl (C=O) groups is 2. The van der Waals surface area contributed by atoms with Crippen molar-refractivity contribution in [3.05, 3.63) is 27.3 Å². The molecule has 112 valence electrons. The molecule has 1 unspecified atom stereocenters. The molecular formula is C13H13NO3S4. The Hall–Kier alpha value is -0.830. The number of thioether (sulfide) groups is 2. The second-order valence-electron chi connectivity index (χ2n) is 4.20. The molecule has 1 aliphatic rings. The van der Waals surface area contributed by atoms with Crippen molar-refractivity contribution in [1.82, 2.24) is 4.90 Å². The molecule has 1 atom stereocenters. The topological polar surface area (TPSA) is 57.6 Å². The van der Waals surface area contributed by atoms with E-state index in [0.717, 1.165) is 16.6 Å². The zero-order chi connectivity index (χ0) is 15.4. The summed E-state index contributed by atoms with van der Waals surface area (Å²) >= 11 is 9.43. The zero-order valence-electron chi connectivity index (χ0n) is 11.1. The molecule has 0 radical (unpaired) electrons. The van der Waals surface area contributed by atoms with Crippen LogP contribution in [-0.2, 0) is 9.59 Å². The average Bonchev–Trinajstić information content (AvgIpc) is 3.02. The standard InChI is InChI=1S/C13H13NO3S4/c1-19-6-4-9(12(16)17)14-11(15)10(21-13(14)18)7-8-3-2-5-20-8/h2-3,5,7,9H,4,6H2,1H3,(H,16,17)/b10-7+. The predicted octanol–water partition coefficient (Wildman–Crippen LogP) is 3.16. The van der Waals surface area contributed by atoms with Gasteiger partial charge in [0.25, 0.3) is 5.91 Å². The van der Waals surface area contributed by atoms with Crippen molar-refractivity contribution in [3.63, 3.8) is 0 Å². The SMILES string of the molecule is CSCCC(C(=O)O)N1C(=O)/C(=C\c2cccs2)SC1=S. The van der Waals surface area contributed by atoms with Crippen LogP contribution in [0.1, 0.15) is 11.3 Å². The molecule has 8 heteroatoms. The van der Waals surface area contributed by atoms with Crippen molar-refractivity contribution in [2.45, 2.75) is 12.5 Å². The van der Waals surface area contributed by atoms with E-state index in [1.165, 1.54) is 16.2 Å². The lowest BCUT2D eigenvalue weighted by Crippen LogP contribution is -2.44. The number of hydrogen-bond acceptors (Lipinski definition) is 6. The van der Waals surface area contributed by atoms with Crippen LogP contribution < -0.4 is 0 Å². The van der Waals surface area contributed by atoms with Gasteiger partial charge in [-0.25, -0.2) is 4.79 Å². The maximum Gasteiger partial charge on any atom is 0.326 e. The van der Waals surface area contributed by atoms with E-state index in [1.54, 1.807) is 17.8 Å². The van der Waals surface area contributed by atoms with E-state index >= 15 is 0 Å². The third-order valence-electron chi connectivity index (χ3n) is 2.83. The minimum Gasteiger partial charge on any atom is -0.480 e. The van der Waals surface area contributed by atoms with Crippen LogP contribution in [0.5, 0.6) is 0 Å². The molecule has 0 bridgehead atoms. The van der Waals surface area contributed by atoms with Gasteiger partial charge in [-0.05, 0) is 36.0 Å². The number of thiophene rings is 1. The van der Waals surface area contributed by atoms with Crippen LogP contribution >= 0.6 is 47.1 Å². The molecule has 0 aromatic carbocycles. The summed E-state index contributed by atoms with van der Waals surface area (Å²) in [6.45, 7) is 0. The van der Waals surface area contributed by atoms with Crippen LogP contribution in [0, 0.1) is 0 Å². The lowest BCUT2D eigenvalue weighted by Gasteiger charge is -2.22. The maximum absolute atomic E-state index is 12.4. The van der Waals surface area contributed by atoms with Gasteiger partial charge in [-0.15, -0.1) is 11.3 Å². The Morgan fingerprint density at radius 3 is 2.95 bits per heavy atom. The Morgan fingerprint density at radius 1 is 1.62 bits per heavy atom. The molecule has 1 N–H and O–H groups in total. The highest BCUT2D eigenvalue weighted by molar-refractivity contribution is 8.26. The Labute approximate surface area is 140 Å². The minimum absolute atomic E-state index is 0.313. The fraction of sp³-hybridized carbons (Fsp3) is 0.308. The van der Waals surface area contributed by atoms with E-state index < -0.39 is 12.0 Å². The van der Waals surface area contributed by atoms with Gasteiger partial charge in [0, 0.05) is 4.88 Å². The molecule has 4 nitrogen and oxygen atoms in total. The molecule has 2 heterocycles. The van der Waals surface area contributed by atoms with Gasteiger partial charge in [0.15, 0.2) is 0 Å². The highest BCUT2D eigenvalue weighted by atomic mass is 32.2. The van der Waals surface area contributed by atoms with E-state index in [9.17, 15) is 14.7 Å². The predicted molar refractivity (Wildman–Crippen MR) is 93.8 cm³/mol. The van der Waals surface area contributed by atoms with Crippen molar-refractivity contribution in [3.8, 4) is 0 Å². The first kappa shape index (κ1) is 16.5. The van der Waals surface area contributed by atoms with Gasteiger partial charge in [-0.1, -0.05) is 30.0 Å². The number of rotatable bonds is 6. The molecule has 1 aromatic rings. The van der Waals surface area contributed by atoms with E-state index in [2.05, 4.69) is 0 Å². The zero-order valence-corrected chi connectivity index (χ0v) is 14.4. The van der Waals surface area contributed by atoms with E-state index in [1.807, 2.05) is 23.8 Å². The number of aliphatic carboxylic acids is 1. The van der Waals surface area contributed by atoms with Gasteiger partial charge in [0.2, 0.25) is 0 Å². The summed E-state index contributed by atoms with van der Waals surface area (Å²) in [6.07, 6.45) is 4.05. The molecule has 21 heavy (non-hydrogen) atoms. The van der Waals surface area contributed by atoms with Crippen molar-refractivity contribution < 1.29 is 14.7 Å². The number of carboxylic acids is 1. The summed E-state index contributed by atoms with van der Waals surface area (Å²) in [7, 11) is 0. The van der Waals surface area contributed by atoms with Crippen LogP contribution in [0.2, 0.25) is 0 Å². The third-order valence-corrected chi connectivity index (χ3v) is 5.63. The number of amides is 1. The Bertz CT molecular complexity index is 582. The van der Waals surface area contributed by atoms with Gasteiger partial charge >= 0.3 is 5.97 Å². The summed E-state index contributed by atoms with van der Waals surface area (Å²) in [5.41, 5.74) is 0. The van der Waals surface area contributed by atoms with Crippen molar-refractivity contribution in [2.75, 3.05) is 12.0 Å². The summed E-state index contributed by atoms with van der Waals surface area (Å²) in [6, 6.07) is 2.91. The van der Waals surface area contributed by atoms with Crippen LogP contribution in [0.25, 0.3) is 6.08 Å². The molecule has 1 aliphatic heterocycles. The summed E-state index contributed by atoms with van der Waals surface area (Å²) < 4.78 is 0.316. The fourth-order valence-electron chi connectivity index (χ4n) is 1.84. The highest BCUT2D eigenvalue weighted by Gasteiger charge is 2.40. The number of carboxylic acid groups (broad SMARTS) is 1. The van der Waals surface area contributed by atoms with Gasteiger partial charge in [-0.3, -0.25) is 9.69 Å². The first-order valence-corrected chi connectivity index (χ1v) is 9.56. The third kappa shape index (κ3) is 3.88. The minimum atomic E-state index is -1.02. The van der Waals surface area contributed by atoms with Gasteiger partial charge in [0.05, 0.1) is 4.91 Å². The molecule has 1 saturated heterocycles. The smallest absolute Gasteiger partial charge is 0.326 e. The van der Waals surface area contributed by atoms with Gasteiger partial charge < -0.3 is 5.11 Å². The fourth-order valence-corrected chi connectivity index (χ4v) is 4.38. The van der Waals surface area contributed by atoms with E-state index in [0.29, 0.717) is 21.4 Å². The monoisotopic (exact) mass is 359 g/mol. The van der Waals surface area contributed by atoms with Crippen molar-refractivity contribution in [2.24, 2.45) is 0 Å². The Morgan fingerprint density at radius 2 is 2.38 bits per heavy atom. The second kappa shape index (κ2) is 7.44. The molecule has 0 aliphatic carbocycles. The molecule has 0 saturated carbocycles. The normalized spacial score (nSPS) is 18.5. The summed E-state index contributed by atoms with van der Waals surface area (Å²) in [5, 5.41) is 11.3.